The van der Waals surface area contributed by atoms with Crippen LogP contribution in [0.3, 0.4) is 0 Å². The minimum Gasteiger partial charge on any atom is -1.00 e. The van der Waals surface area contributed by atoms with Crippen molar-refractivity contribution in [1.82, 2.24) is 0 Å². The summed E-state index contributed by atoms with van der Waals surface area (Å²) in [6, 6.07) is 0. The van der Waals surface area contributed by atoms with E-state index in [0.717, 1.165) is 12.8 Å². The number of hydrogen-bond donors (Lipinski definition) is 0. The van der Waals surface area contributed by atoms with E-state index >= 15 is 0 Å². The molecule has 0 saturated carbocycles. The van der Waals surface area contributed by atoms with Gasteiger partial charge in [0.15, 0.2) is 0 Å². The maximum absolute atomic E-state index is 3.57. The molecule has 0 atom stereocenters. The maximum atomic E-state index is 3.57. The van der Waals surface area contributed by atoms with E-state index in [0.29, 0.717) is 0 Å². The van der Waals surface area contributed by atoms with Crippen molar-refractivity contribution in [2.24, 2.45) is 0 Å². The van der Waals surface area contributed by atoms with Gasteiger partial charge < -0.3 is 1.43 Å². The van der Waals surface area contributed by atoms with Crippen LogP contribution >= 0.6 is 0 Å². The van der Waals surface area contributed by atoms with Gasteiger partial charge >= 0.3 is 46.9 Å². The molecule has 0 heterocycles. The van der Waals surface area contributed by atoms with Gasteiger partial charge in [-0.15, -0.1) is 12.8 Å². The smallest absolute Gasteiger partial charge is 1.00 e. The van der Waals surface area contributed by atoms with E-state index in [9.17, 15) is 0 Å². The van der Waals surface area contributed by atoms with Crippen LogP contribution in [0.15, 0.2) is 32.9 Å². The summed E-state index contributed by atoms with van der Waals surface area (Å²) in [6.07, 6.45) is 14.1. The molecule has 0 spiro atoms. The van der Waals surface area contributed by atoms with E-state index in [1.165, 1.54) is 0 Å². The van der Waals surface area contributed by atoms with Crippen LogP contribution in [0.4, 0.5) is 0 Å². The molecule has 0 unspecified atom stereocenters. The van der Waals surface area contributed by atoms with Gasteiger partial charge in [0.2, 0.25) is 0 Å². The van der Waals surface area contributed by atoms with Gasteiger partial charge in [-0.2, -0.15) is 12.2 Å². The van der Waals surface area contributed by atoms with Crippen LogP contribution < -0.4 is 0 Å². The third-order valence-electron chi connectivity index (χ3n) is 4.82. The van der Waals surface area contributed by atoms with Crippen LogP contribution in [0.2, 0.25) is 78.6 Å². The second-order valence-electron chi connectivity index (χ2n) is 11.7. The Morgan fingerprint density at radius 2 is 0.815 bits per heavy atom. The predicted molar refractivity (Wildman–Crippen MR) is 133 cm³/mol. The van der Waals surface area contributed by atoms with Gasteiger partial charge in [0.05, 0.1) is 0 Å². The summed E-state index contributed by atoms with van der Waals surface area (Å²) < 4.78 is 0. The van der Waals surface area contributed by atoms with Gasteiger partial charge in [0.1, 0.15) is 0 Å². The Labute approximate surface area is 214 Å². The van der Waals surface area contributed by atoms with Crippen molar-refractivity contribution < 1.29 is 48.4 Å². The molecule has 161 valence electrons. The van der Waals surface area contributed by atoms with E-state index in [1.54, 1.807) is 20.8 Å². The summed E-state index contributed by atoms with van der Waals surface area (Å²) in [5, 5.41) is 6.61. The first kappa shape index (κ1) is 28.3. The molecule has 0 bridgehead atoms. The van der Waals surface area contributed by atoms with Crippen LogP contribution in [0.5, 0.6) is 0 Å². The second-order valence-corrected chi connectivity index (χ2v) is 31.8. The second kappa shape index (κ2) is 10.1. The molecule has 0 nitrogen and oxygen atoms in total. The fourth-order valence-electron chi connectivity index (χ4n) is 3.61. The number of rotatable bonds is 4. The van der Waals surface area contributed by atoms with Gasteiger partial charge in [0, 0.05) is 16.1 Å². The SMILES string of the molecule is C[Si](C)(C)C1=[C-]CC=C1[Si](C)(C)C.C[Si](C)(C)C1=[C-]CC=C1[Si](C)(C)C.[H-].[Yb+3]. The summed E-state index contributed by atoms with van der Waals surface area (Å²) in [7, 11) is -4.45. The Hall–Kier alpha value is 1.35. The molecule has 0 aromatic heterocycles. The fourth-order valence-corrected chi connectivity index (χ4v) is 14.3. The molecule has 0 amide bonds. The molecular weight excluding hydrogens is 550 g/mol. The largest absolute Gasteiger partial charge is 3.00 e. The number of hydrogen-bond acceptors (Lipinski definition) is 0. The van der Waals surface area contributed by atoms with E-state index in [-0.39, 0.29) is 48.4 Å². The van der Waals surface area contributed by atoms with Crippen molar-refractivity contribution in [3.05, 3.63) is 45.1 Å². The molecule has 2 aliphatic rings. The van der Waals surface area contributed by atoms with Gasteiger partial charge in [-0.3, -0.25) is 12.2 Å². The molecule has 27 heavy (non-hydrogen) atoms. The van der Waals surface area contributed by atoms with Gasteiger partial charge in [-0.25, -0.2) is 20.8 Å². The van der Waals surface area contributed by atoms with E-state index in [4.69, 9.17) is 0 Å². The third-order valence-corrected chi connectivity index (χ3v) is 13.4. The average molecular weight is 593 g/mol. The van der Waals surface area contributed by atoms with Crippen molar-refractivity contribution in [1.29, 1.82) is 0 Å². The first-order valence-corrected chi connectivity index (χ1v) is 24.1. The molecule has 2 rings (SSSR count). The summed E-state index contributed by atoms with van der Waals surface area (Å²) in [6.45, 7) is 29.2. The first-order chi connectivity index (χ1) is 11.5. The summed E-state index contributed by atoms with van der Waals surface area (Å²) in [5.74, 6) is 0. The Morgan fingerprint density at radius 1 is 0.556 bits per heavy atom. The normalized spacial score (nSPS) is 17.9. The maximum Gasteiger partial charge on any atom is 3.00 e. The molecule has 1 radical (unpaired) electrons. The molecule has 0 fully saturated rings. The van der Waals surface area contributed by atoms with Gasteiger partial charge in [-0.05, 0) is 16.1 Å². The fraction of sp³-hybridized carbons (Fsp3) is 0.636. The van der Waals surface area contributed by atoms with Crippen molar-refractivity contribution >= 4 is 32.3 Å². The van der Waals surface area contributed by atoms with Crippen molar-refractivity contribution in [3.63, 3.8) is 0 Å². The van der Waals surface area contributed by atoms with E-state index in [1.807, 2.05) is 0 Å². The Kier molecular flexibility index (Phi) is 10.6. The average Bonchev–Trinajstić information content (AvgIpc) is 3.06. The molecule has 0 N–H and O–H groups in total. The predicted octanol–water partition coefficient (Wildman–Crippen LogP) is 7.71. The van der Waals surface area contributed by atoms with Crippen molar-refractivity contribution in [3.8, 4) is 0 Å². The molecule has 5 heteroatoms. The third kappa shape index (κ3) is 8.54. The minimum atomic E-state index is -1.13. The molecule has 2 aliphatic carbocycles. The zero-order chi connectivity index (χ0) is 20.6. The molecule has 0 aromatic rings. The van der Waals surface area contributed by atoms with Crippen LogP contribution in [0.25, 0.3) is 0 Å². The van der Waals surface area contributed by atoms with Crippen LogP contribution in [-0.4, -0.2) is 32.3 Å². The van der Waals surface area contributed by atoms with Crippen LogP contribution in [-0.2, 0) is 0 Å². The minimum absolute atomic E-state index is 0. The summed E-state index contributed by atoms with van der Waals surface area (Å²) >= 11 is 0. The number of allylic oxidation sites excluding steroid dienone is 8. The zero-order valence-electron chi connectivity index (χ0n) is 20.8. The molecule has 0 saturated heterocycles. The Balaban J connectivity index is 0. The summed E-state index contributed by atoms with van der Waals surface area (Å²) in [4.78, 5) is 0. The van der Waals surface area contributed by atoms with Gasteiger partial charge in [0.25, 0.3) is 0 Å². The molecular formula is C22H43Si4Yb. The van der Waals surface area contributed by atoms with Crippen molar-refractivity contribution in [2.75, 3.05) is 0 Å². The van der Waals surface area contributed by atoms with Gasteiger partial charge in [-0.1, -0.05) is 78.6 Å². The topological polar surface area (TPSA) is 0 Å². The quantitative estimate of drug-likeness (QED) is 0.232. The van der Waals surface area contributed by atoms with Crippen molar-refractivity contribution in [2.45, 2.75) is 91.4 Å². The standard InChI is InChI=1S/2C11H21Si2.Yb.H/c2*1-12(2,3)10-8-7-9-11(10)13(4,5)6;;/h2*8H,7H2,1-6H3;;/q2*-1;+3;-1. The first-order valence-electron chi connectivity index (χ1n) is 10.1. The van der Waals surface area contributed by atoms with E-state index < -0.39 is 32.3 Å². The Bertz CT molecular complexity index is 532. The molecule has 0 aliphatic heterocycles. The monoisotopic (exact) mass is 593 g/mol. The summed E-state index contributed by atoms with van der Waals surface area (Å²) in [5.41, 5.74) is 0. The van der Waals surface area contributed by atoms with Crippen LogP contribution in [0, 0.1) is 59.1 Å². The van der Waals surface area contributed by atoms with E-state index in [2.05, 4.69) is 103 Å². The zero-order valence-corrected chi connectivity index (χ0v) is 25.6. The molecule has 0 aromatic carbocycles. The van der Waals surface area contributed by atoms with Crippen LogP contribution in [0.1, 0.15) is 14.3 Å². The Morgan fingerprint density at radius 3 is 0.963 bits per heavy atom.